The maximum atomic E-state index is 13.2. The zero-order valence-electron chi connectivity index (χ0n) is 19.5. The number of amides is 1. The molecule has 1 aliphatic heterocycles. The fourth-order valence-electron chi connectivity index (χ4n) is 5.45. The summed E-state index contributed by atoms with van der Waals surface area (Å²) in [6.45, 7) is 0.479. The average Bonchev–Trinajstić information content (AvgIpc) is 3.41. The number of hydrogen-bond donors (Lipinski definition) is 1. The second-order valence-corrected chi connectivity index (χ2v) is 11.3. The number of aryl methyl sites for hydroxylation is 1. The Labute approximate surface area is 207 Å². The van der Waals surface area contributed by atoms with Crippen LogP contribution in [-0.2, 0) is 35.1 Å². The molecule has 3 aromatic rings. The molecular formula is C25H25F3N4O3S. The van der Waals surface area contributed by atoms with E-state index in [-0.39, 0.29) is 29.7 Å². The van der Waals surface area contributed by atoms with E-state index in [1.807, 2.05) is 24.3 Å². The van der Waals surface area contributed by atoms with Gasteiger partial charge in [-0.25, -0.2) is 13.4 Å². The lowest BCUT2D eigenvalue weighted by atomic mass is 9.71. The van der Waals surface area contributed by atoms with E-state index in [9.17, 15) is 26.4 Å². The standard InChI is InChI=1S/C25H25F3N4O3S/c1-31-15-22(29-16-31)36(34,35)32-11-9-24(10-12-32)20-8-3-2-5-17(20)14-21(24)30-23(33)18-6-4-7-19(13-18)25(26,27)28/h2-8,13,15-16,21H,9-12,14H2,1H3,(H,30,33). The fraction of sp³-hybridized carbons (Fsp3) is 0.360. The van der Waals surface area contributed by atoms with Gasteiger partial charge in [-0.15, -0.1) is 0 Å². The smallest absolute Gasteiger partial charge is 0.348 e. The van der Waals surface area contributed by atoms with Crippen LogP contribution in [0.25, 0.3) is 0 Å². The van der Waals surface area contributed by atoms with Crippen LogP contribution in [0.1, 0.15) is 39.9 Å². The summed E-state index contributed by atoms with van der Waals surface area (Å²) in [4.78, 5) is 17.1. The Bertz CT molecular complexity index is 1410. The number of fused-ring (bicyclic) bond motifs is 2. The van der Waals surface area contributed by atoms with Gasteiger partial charge in [0.05, 0.1) is 11.9 Å². The molecule has 1 atom stereocenters. The molecule has 1 aromatic heterocycles. The van der Waals surface area contributed by atoms with Crippen LogP contribution in [0, 0.1) is 0 Å². The summed E-state index contributed by atoms with van der Waals surface area (Å²) in [5, 5.41) is 2.97. The number of benzene rings is 2. The molecule has 2 aliphatic rings. The summed E-state index contributed by atoms with van der Waals surface area (Å²) in [7, 11) is -2.06. The number of halogens is 3. The Hall–Kier alpha value is -3.18. The van der Waals surface area contributed by atoms with Crippen LogP contribution in [0.2, 0.25) is 0 Å². The molecule has 1 spiro atoms. The van der Waals surface area contributed by atoms with Crippen LogP contribution in [0.5, 0.6) is 0 Å². The largest absolute Gasteiger partial charge is 0.416 e. The van der Waals surface area contributed by atoms with Crippen LogP contribution in [0.4, 0.5) is 13.2 Å². The van der Waals surface area contributed by atoms with Crippen molar-refractivity contribution in [1.82, 2.24) is 19.2 Å². The number of piperidine rings is 1. The monoisotopic (exact) mass is 518 g/mol. The maximum absolute atomic E-state index is 13.2. The van der Waals surface area contributed by atoms with Gasteiger partial charge in [0.2, 0.25) is 0 Å². The zero-order valence-corrected chi connectivity index (χ0v) is 20.3. The number of hydrogen-bond acceptors (Lipinski definition) is 4. The number of rotatable bonds is 4. The maximum Gasteiger partial charge on any atom is 0.416 e. The predicted octanol–water partition coefficient (Wildman–Crippen LogP) is 3.52. The van der Waals surface area contributed by atoms with E-state index < -0.39 is 33.1 Å². The SMILES string of the molecule is Cn1cnc(S(=O)(=O)N2CCC3(CC2)c2ccccc2CC3NC(=O)c2cccc(C(F)(F)F)c2)c1. The summed E-state index contributed by atoms with van der Waals surface area (Å²) in [5.41, 5.74) is 0.630. The van der Waals surface area contributed by atoms with Gasteiger partial charge in [0, 0.05) is 43.4 Å². The molecule has 5 rings (SSSR count). The first kappa shape index (κ1) is 24.5. The Morgan fingerprint density at radius 3 is 2.50 bits per heavy atom. The minimum Gasteiger partial charge on any atom is -0.348 e. The number of carbonyl (C=O) groups excluding carboxylic acids is 1. The van der Waals surface area contributed by atoms with Crippen molar-refractivity contribution in [2.75, 3.05) is 13.1 Å². The molecule has 1 saturated heterocycles. The van der Waals surface area contributed by atoms with Crippen LogP contribution in [0.15, 0.2) is 66.1 Å². The van der Waals surface area contributed by atoms with Crippen LogP contribution in [0.3, 0.4) is 0 Å². The van der Waals surface area contributed by atoms with Crippen molar-refractivity contribution in [3.63, 3.8) is 0 Å². The third kappa shape index (κ3) is 4.20. The van der Waals surface area contributed by atoms with E-state index in [1.165, 1.54) is 29.0 Å². The van der Waals surface area contributed by atoms with E-state index in [0.29, 0.717) is 19.3 Å². The minimum absolute atomic E-state index is 0.0119. The van der Waals surface area contributed by atoms with Crippen molar-refractivity contribution in [3.05, 3.63) is 83.3 Å². The van der Waals surface area contributed by atoms with Crippen LogP contribution < -0.4 is 5.32 Å². The van der Waals surface area contributed by atoms with Crippen molar-refractivity contribution in [2.45, 2.75) is 41.9 Å². The Morgan fingerprint density at radius 2 is 1.83 bits per heavy atom. The number of aromatic nitrogens is 2. The van der Waals surface area contributed by atoms with Crippen molar-refractivity contribution in [1.29, 1.82) is 0 Å². The van der Waals surface area contributed by atoms with Gasteiger partial charge in [-0.1, -0.05) is 30.3 Å². The molecule has 0 radical (unpaired) electrons. The number of nitrogens with zero attached hydrogens (tertiary/aromatic N) is 3. The molecule has 0 saturated carbocycles. The van der Waals surface area contributed by atoms with Crippen molar-refractivity contribution in [3.8, 4) is 0 Å². The zero-order chi connectivity index (χ0) is 25.7. The predicted molar refractivity (Wildman–Crippen MR) is 126 cm³/mol. The van der Waals surface area contributed by atoms with E-state index in [4.69, 9.17) is 0 Å². The number of imidazole rings is 1. The first-order valence-electron chi connectivity index (χ1n) is 11.6. The minimum atomic E-state index is -4.55. The van der Waals surface area contributed by atoms with Gasteiger partial charge in [-0.05, 0) is 48.6 Å². The summed E-state index contributed by atoms with van der Waals surface area (Å²) in [6.07, 6.45) is -0.207. The quantitative estimate of drug-likeness (QED) is 0.573. The summed E-state index contributed by atoms with van der Waals surface area (Å²) < 4.78 is 68.7. The molecule has 1 unspecified atom stereocenters. The highest BCUT2D eigenvalue weighted by atomic mass is 32.2. The lowest BCUT2D eigenvalue weighted by Crippen LogP contribution is -2.54. The first-order valence-corrected chi connectivity index (χ1v) is 13.0. The lowest BCUT2D eigenvalue weighted by molar-refractivity contribution is -0.137. The highest BCUT2D eigenvalue weighted by molar-refractivity contribution is 7.89. The molecule has 0 bridgehead atoms. The van der Waals surface area contributed by atoms with Gasteiger partial charge in [-0.3, -0.25) is 4.79 Å². The van der Waals surface area contributed by atoms with E-state index in [0.717, 1.165) is 23.3 Å². The molecule has 1 N–H and O–H groups in total. The lowest BCUT2D eigenvalue weighted by Gasteiger charge is -2.43. The van der Waals surface area contributed by atoms with Crippen LogP contribution >= 0.6 is 0 Å². The van der Waals surface area contributed by atoms with Gasteiger partial charge in [0.15, 0.2) is 5.03 Å². The highest BCUT2D eigenvalue weighted by Crippen LogP contribution is 2.47. The van der Waals surface area contributed by atoms with Gasteiger partial charge in [0.25, 0.3) is 15.9 Å². The summed E-state index contributed by atoms with van der Waals surface area (Å²) in [5.74, 6) is -0.582. The molecule has 11 heteroatoms. The average molecular weight is 519 g/mol. The van der Waals surface area contributed by atoms with Gasteiger partial charge in [0.1, 0.15) is 0 Å². The second kappa shape index (κ2) is 8.74. The molecule has 7 nitrogen and oxygen atoms in total. The number of alkyl halides is 3. The normalized spacial score (nSPS) is 19.8. The molecule has 1 amide bonds. The fourth-order valence-corrected chi connectivity index (χ4v) is 6.86. The molecule has 1 aliphatic carbocycles. The van der Waals surface area contributed by atoms with E-state index >= 15 is 0 Å². The van der Waals surface area contributed by atoms with E-state index in [2.05, 4.69) is 10.3 Å². The Kier molecular flexibility index (Phi) is 5.95. The van der Waals surface area contributed by atoms with Crippen molar-refractivity contribution < 1.29 is 26.4 Å². The third-order valence-electron chi connectivity index (χ3n) is 7.30. The molecule has 2 aromatic carbocycles. The number of carbonyl (C=O) groups is 1. The summed E-state index contributed by atoms with van der Waals surface area (Å²) in [6, 6.07) is 11.8. The second-order valence-electron chi connectivity index (χ2n) is 9.40. The topological polar surface area (TPSA) is 84.3 Å². The molecule has 1 fully saturated rings. The number of nitrogens with one attached hydrogen (secondary N) is 1. The van der Waals surface area contributed by atoms with Crippen LogP contribution in [-0.4, -0.2) is 47.3 Å². The molecule has 36 heavy (non-hydrogen) atoms. The van der Waals surface area contributed by atoms with E-state index in [1.54, 1.807) is 11.6 Å². The van der Waals surface area contributed by atoms with Gasteiger partial charge < -0.3 is 9.88 Å². The third-order valence-corrected chi connectivity index (χ3v) is 9.09. The number of sulfonamides is 1. The van der Waals surface area contributed by atoms with Gasteiger partial charge >= 0.3 is 6.18 Å². The summed E-state index contributed by atoms with van der Waals surface area (Å²) >= 11 is 0. The van der Waals surface area contributed by atoms with Gasteiger partial charge in [-0.2, -0.15) is 17.5 Å². The molecule has 2 heterocycles. The Morgan fingerprint density at radius 1 is 1.11 bits per heavy atom. The van der Waals surface area contributed by atoms with Crippen molar-refractivity contribution >= 4 is 15.9 Å². The Balaban J connectivity index is 1.40. The highest BCUT2D eigenvalue weighted by Gasteiger charge is 2.50. The first-order chi connectivity index (χ1) is 17.0. The molecule has 190 valence electrons. The van der Waals surface area contributed by atoms with Crippen molar-refractivity contribution in [2.24, 2.45) is 7.05 Å². The molecular weight excluding hydrogens is 493 g/mol.